The van der Waals surface area contributed by atoms with Crippen LogP contribution in [0.2, 0.25) is 0 Å². The van der Waals surface area contributed by atoms with E-state index in [4.69, 9.17) is 9.84 Å². The largest absolute Gasteiger partial charge is 0.459 e. The van der Waals surface area contributed by atoms with Crippen LogP contribution in [0.15, 0.2) is 42.9 Å². The third-order valence-corrected chi connectivity index (χ3v) is 2.90. The monoisotopic (exact) mass is 260 g/mol. The van der Waals surface area contributed by atoms with E-state index >= 15 is 0 Å². The Labute approximate surface area is 111 Å². The highest BCUT2D eigenvalue weighted by atomic mass is 16.5. The maximum absolute atomic E-state index is 11.8. The van der Waals surface area contributed by atoms with E-state index in [9.17, 15) is 4.79 Å². The summed E-state index contributed by atoms with van der Waals surface area (Å²) in [7, 11) is 0. The molecule has 1 aromatic heterocycles. The molecule has 1 unspecified atom stereocenters. The zero-order valence-electron chi connectivity index (χ0n) is 10.7. The van der Waals surface area contributed by atoms with Gasteiger partial charge in [0.05, 0.1) is 25.2 Å². The average molecular weight is 260 g/mol. The Bertz CT molecular complexity index is 537. The molecule has 0 bridgehead atoms. The van der Waals surface area contributed by atoms with E-state index in [0.717, 1.165) is 5.56 Å². The molecule has 2 aromatic rings. The second-order valence-corrected chi connectivity index (χ2v) is 4.13. The molecule has 0 saturated heterocycles. The van der Waals surface area contributed by atoms with Gasteiger partial charge in [-0.3, -0.25) is 0 Å². The predicted molar refractivity (Wildman–Crippen MR) is 69.9 cm³/mol. The van der Waals surface area contributed by atoms with Crippen LogP contribution >= 0.6 is 0 Å². The van der Waals surface area contributed by atoms with Crippen molar-refractivity contribution in [2.24, 2.45) is 0 Å². The maximum Gasteiger partial charge on any atom is 0.356 e. The fraction of sp³-hybridized carbons (Fsp3) is 0.286. The summed E-state index contributed by atoms with van der Waals surface area (Å²) in [5.74, 6) is -0.477. The van der Waals surface area contributed by atoms with Crippen LogP contribution in [0.1, 0.15) is 29.0 Å². The lowest BCUT2D eigenvalue weighted by atomic mass is 10.1. The number of esters is 1. The summed E-state index contributed by atoms with van der Waals surface area (Å²) in [5.41, 5.74) is 1.46. The van der Waals surface area contributed by atoms with E-state index < -0.39 is 5.97 Å². The molecule has 100 valence electrons. The van der Waals surface area contributed by atoms with Gasteiger partial charge in [-0.25, -0.2) is 9.78 Å². The SMILES string of the molecule is CC(c1ccccc1)n1cncc1C(=O)OCCO. The van der Waals surface area contributed by atoms with Gasteiger partial charge in [0.1, 0.15) is 12.3 Å². The first-order valence-corrected chi connectivity index (χ1v) is 6.08. The van der Waals surface area contributed by atoms with E-state index in [1.54, 1.807) is 10.9 Å². The van der Waals surface area contributed by atoms with Gasteiger partial charge in [0.2, 0.25) is 0 Å². The fourth-order valence-corrected chi connectivity index (χ4v) is 1.88. The minimum Gasteiger partial charge on any atom is -0.459 e. The standard InChI is InChI=1S/C14H16N2O3/c1-11(12-5-3-2-4-6-12)16-10-15-9-13(16)14(18)19-8-7-17/h2-6,9-11,17H,7-8H2,1H3. The lowest BCUT2D eigenvalue weighted by Crippen LogP contribution is -2.16. The Balaban J connectivity index is 2.22. The maximum atomic E-state index is 11.8. The van der Waals surface area contributed by atoms with Crippen molar-refractivity contribution in [1.29, 1.82) is 0 Å². The highest BCUT2D eigenvalue weighted by Crippen LogP contribution is 2.19. The molecule has 19 heavy (non-hydrogen) atoms. The molecule has 2 rings (SSSR count). The van der Waals surface area contributed by atoms with Crippen molar-refractivity contribution < 1.29 is 14.6 Å². The number of hydrogen-bond acceptors (Lipinski definition) is 4. The number of ether oxygens (including phenoxy) is 1. The molecule has 1 heterocycles. The molecule has 5 heteroatoms. The van der Waals surface area contributed by atoms with E-state index in [2.05, 4.69) is 4.98 Å². The molecule has 1 aromatic carbocycles. The third kappa shape index (κ3) is 3.00. The van der Waals surface area contributed by atoms with Gasteiger partial charge in [-0.15, -0.1) is 0 Å². The van der Waals surface area contributed by atoms with Gasteiger partial charge in [-0.1, -0.05) is 30.3 Å². The summed E-state index contributed by atoms with van der Waals surface area (Å²) in [4.78, 5) is 15.8. The van der Waals surface area contributed by atoms with E-state index in [0.29, 0.717) is 5.69 Å². The van der Waals surface area contributed by atoms with Gasteiger partial charge in [0.25, 0.3) is 0 Å². The molecule has 1 N–H and O–H groups in total. The smallest absolute Gasteiger partial charge is 0.356 e. The Kier molecular flexibility index (Phi) is 4.30. The lowest BCUT2D eigenvalue weighted by Gasteiger charge is -2.16. The van der Waals surface area contributed by atoms with Crippen molar-refractivity contribution in [2.75, 3.05) is 13.2 Å². The van der Waals surface area contributed by atoms with Gasteiger partial charge in [-0.2, -0.15) is 0 Å². The Hall–Kier alpha value is -2.14. The highest BCUT2D eigenvalue weighted by Gasteiger charge is 2.17. The predicted octanol–water partition coefficient (Wildman–Crippen LogP) is 1.64. The highest BCUT2D eigenvalue weighted by molar-refractivity contribution is 5.87. The third-order valence-electron chi connectivity index (χ3n) is 2.90. The van der Waals surface area contributed by atoms with Gasteiger partial charge in [-0.05, 0) is 12.5 Å². The summed E-state index contributed by atoms with van der Waals surface area (Å²) in [6.07, 6.45) is 3.08. The summed E-state index contributed by atoms with van der Waals surface area (Å²) in [5, 5.41) is 8.67. The van der Waals surface area contributed by atoms with Crippen LogP contribution in [0.4, 0.5) is 0 Å². The molecular weight excluding hydrogens is 244 g/mol. The normalized spacial score (nSPS) is 12.1. The second kappa shape index (κ2) is 6.15. The minimum atomic E-state index is -0.477. The van der Waals surface area contributed by atoms with Crippen LogP contribution in [0, 0.1) is 0 Å². The number of carbonyl (C=O) groups is 1. The zero-order valence-corrected chi connectivity index (χ0v) is 10.7. The molecule has 0 spiro atoms. The molecule has 0 aliphatic heterocycles. The van der Waals surface area contributed by atoms with Crippen molar-refractivity contribution in [3.63, 3.8) is 0 Å². The van der Waals surface area contributed by atoms with Gasteiger partial charge in [0, 0.05) is 0 Å². The Morgan fingerprint density at radius 3 is 2.84 bits per heavy atom. The molecule has 0 aliphatic carbocycles. The van der Waals surface area contributed by atoms with Crippen molar-refractivity contribution in [2.45, 2.75) is 13.0 Å². The van der Waals surface area contributed by atoms with Crippen molar-refractivity contribution in [3.05, 3.63) is 54.1 Å². The molecular formula is C14H16N2O3. The second-order valence-electron chi connectivity index (χ2n) is 4.13. The Morgan fingerprint density at radius 1 is 1.42 bits per heavy atom. The summed E-state index contributed by atoms with van der Waals surface area (Å²) < 4.78 is 6.67. The first kappa shape index (κ1) is 13.3. The molecule has 0 radical (unpaired) electrons. The van der Waals surface area contributed by atoms with Gasteiger partial charge < -0.3 is 14.4 Å². The average Bonchev–Trinajstić information content (AvgIpc) is 2.94. The number of hydrogen-bond donors (Lipinski definition) is 1. The number of rotatable bonds is 5. The van der Waals surface area contributed by atoms with Crippen LogP contribution in [0.3, 0.4) is 0 Å². The quantitative estimate of drug-likeness (QED) is 0.830. The number of aliphatic hydroxyl groups is 1. The van der Waals surface area contributed by atoms with Crippen LogP contribution in [-0.2, 0) is 4.74 Å². The number of benzene rings is 1. The molecule has 0 fully saturated rings. The van der Waals surface area contributed by atoms with E-state index in [1.807, 2.05) is 37.3 Å². The summed E-state index contributed by atoms with van der Waals surface area (Å²) in [6.45, 7) is 1.79. The van der Waals surface area contributed by atoms with Gasteiger partial charge in [0.15, 0.2) is 0 Å². The zero-order chi connectivity index (χ0) is 13.7. The molecule has 0 aliphatic rings. The molecule has 5 nitrogen and oxygen atoms in total. The number of imidazole rings is 1. The first-order valence-electron chi connectivity index (χ1n) is 6.08. The van der Waals surface area contributed by atoms with Crippen LogP contribution in [0.5, 0.6) is 0 Å². The lowest BCUT2D eigenvalue weighted by molar-refractivity contribution is 0.0420. The number of aliphatic hydroxyl groups excluding tert-OH is 1. The number of carbonyl (C=O) groups excluding carboxylic acids is 1. The van der Waals surface area contributed by atoms with Gasteiger partial charge >= 0.3 is 5.97 Å². The van der Waals surface area contributed by atoms with Crippen LogP contribution < -0.4 is 0 Å². The molecule has 0 saturated carbocycles. The fourth-order valence-electron chi connectivity index (χ4n) is 1.88. The van der Waals surface area contributed by atoms with E-state index in [-0.39, 0.29) is 19.3 Å². The molecule has 0 amide bonds. The Morgan fingerprint density at radius 2 is 2.16 bits per heavy atom. The van der Waals surface area contributed by atoms with Crippen LogP contribution in [0.25, 0.3) is 0 Å². The summed E-state index contributed by atoms with van der Waals surface area (Å²) >= 11 is 0. The minimum absolute atomic E-state index is 0.0102. The van der Waals surface area contributed by atoms with Crippen molar-refractivity contribution in [1.82, 2.24) is 9.55 Å². The topological polar surface area (TPSA) is 64.4 Å². The first-order chi connectivity index (χ1) is 9.24. The van der Waals surface area contributed by atoms with Crippen molar-refractivity contribution in [3.8, 4) is 0 Å². The number of nitrogens with zero attached hydrogens (tertiary/aromatic N) is 2. The number of aromatic nitrogens is 2. The van der Waals surface area contributed by atoms with E-state index in [1.165, 1.54) is 6.20 Å². The van der Waals surface area contributed by atoms with Crippen molar-refractivity contribution >= 4 is 5.97 Å². The molecule has 1 atom stereocenters. The summed E-state index contributed by atoms with van der Waals surface area (Å²) in [6, 6.07) is 9.82. The van der Waals surface area contributed by atoms with Crippen LogP contribution in [-0.4, -0.2) is 33.8 Å².